The Bertz CT molecular complexity index is 346. The topological polar surface area (TPSA) is 0 Å². The molecule has 0 amide bonds. The second-order valence-corrected chi connectivity index (χ2v) is 6.56. The second-order valence-electron chi connectivity index (χ2n) is 6.03. The summed E-state index contributed by atoms with van der Waals surface area (Å²) in [6.07, 6.45) is 8.15. The van der Waals surface area contributed by atoms with Gasteiger partial charge in [-0.15, -0.1) is 11.6 Å². The molecule has 1 heteroatoms. The zero-order valence-electron chi connectivity index (χ0n) is 11.7. The number of hydrogen-bond acceptors (Lipinski definition) is 0. The van der Waals surface area contributed by atoms with E-state index in [1.54, 1.807) is 0 Å². The SMILES string of the molecule is CC(C)c1ccc(C(Cl)CC2CCCCC2)cc1. The van der Waals surface area contributed by atoms with Gasteiger partial charge in [0.2, 0.25) is 0 Å². The van der Waals surface area contributed by atoms with Crippen molar-refractivity contribution < 1.29 is 0 Å². The second kappa shape index (κ2) is 6.61. The zero-order valence-corrected chi connectivity index (χ0v) is 12.4. The Morgan fingerprint density at radius 3 is 2.11 bits per heavy atom. The van der Waals surface area contributed by atoms with Crippen LogP contribution in [0.4, 0.5) is 0 Å². The number of halogens is 1. The summed E-state index contributed by atoms with van der Waals surface area (Å²) in [6, 6.07) is 8.90. The quantitative estimate of drug-likeness (QED) is 0.580. The first-order chi connectivity index (χ1) is 8.66. The maximum atomic E-state index is 6.57. The molecule has 100 valence electrons. The molecular formula is C17H25Cl. The highest BCUT2D eigenvalue weighted by molar-refractivity contribution is 6.20. The fraction of sp³-hybridized carbons (Fsp3) is 0.647. The van der Waals surface area contributed by atoms with Crippen LogP contribution in [0.1, 0.15) is 74.8 Å². The molecule has 0 radical (unpaired) electrons. The van der Waals surface area contributed by atoms with Crippen molar-refractivity contribution >= 4 is 11.6 Å². The van der Waals surface area contributed by atoms with Gasteiger partial charge in [-0.2, -0.15) is 0 Å². The van der Waals surface area contributed by atoms with Crippen molar-refractivity contribution in [3.63, 3.8) is 0 Å². The molecule has 1 aliphatic carbocycles. The van der Waals surface area contributed by atoms with Gasteiger partial charge < -0.3 is 0 Å². The lowest BCUT2D eigenvalue weighted by Crippen LogP contribution is -2.08. The zero-order chi connectivity index (χ0) is 13.0. The highest BCUT2D eigenvalue weighted by atomic mass is 35.5. The van der Waals surface area contributed by atoms with Gasteiger partial charge in [0.25, 0.3) is 0 Å². The molecule has 0 nitrogen and oxygen atoms in total. The number of benzene rings is 1. The van der Waals surface area contributed by atoms with E-state index in [-0.39, 0.29) is 5.38 Å². The number of hydrogen-bond donors (Lipinski definition) is 0. The summed E-state index contributed by atoms with van der Waals surface area (Å²) in [5.41, 5.74) is 2.70. The van der Waals surface area contributed by atoms with E-state index in [0.717, 1.165) is 12.3 Å². The van der Waals surface area contributed by atoms with Crippen LogP contribution in [0, 0.1) is 5.92 Å². The van der Waals surface area contributed by atoms with E-state index < -0.39 is 0 Å². The largest absolute Gasteiger partial charge is 0.118 e. The van der Waals surface area contributed by atoms with Crippen LogP contribution in [-0.4, -0.2) is 0 Å². The van der Waals surface area contributed by atoms with E-state index in [4.69, 9.17) is 11.6 Å². The Morgan fingerprint density at radius 2 is 1.56 bits per heavy atom. The molecule has 1 atom stereocenters. The van der Waals surface area contributed by atoms with E-state index in [0.29, 0.717) is 5.92 Å². The van der Waals surface area contributed by atoms with Crippen LogP contribution in [0.3, 0.4) is 0 Å². The molecular weight excluding hydrogens is 240 g/mol. The predicted octanol–water partition coefficient (Wildman–Crippen LogP) is 6.06. The van der Waals surface area contributed by atoms with Gasteiger partial charge in [0.15, 0.2) is 0 Å². The summed E-state index contributed by atoms with van der Waals surface area (Å²) >= 11 is 6.57. The molecule has 0 aliphatic heterocycles. The first-order valence-electron chi connectivity index (χ1n) is 7.40. The van der Waals surface area contributed by atoms with Crippen LogP contribution < -0.4 is 0 Å². The summed E-state index contributed by atoms with van der Waals surface area (Å²) in [5, 5.41) is 0.203. The third-order valence-corrected chi connectivity index (χ3v) is 4.66. The lowest BCUT2D eigenvalue weighted by Gasteiger charge is -2.24. The summed E-state index contributed by atoms with van der Waals surface area (Å²) < 4.78 is 0. The van der Waals surface area contributed by atoms with Gasteiger partial charge >= 0.3 is 0 Å². The summed E-state index contributed by atoms with van der Waals surface area (Å²) in [4.78, 5) is 0. The van der Waals surface area contributed by atoms with E-state index in [1.165, 1.54) is 43.2 Å². The van der Waals surface area contributed by atoms with Crippen LogP contribution in [0.25, 0.3) is 0 Å². The molecule has 1 fully saturated rings. The lowest BCUT2D eigenvalue weighted by molar-refractivity contribution is 0.336. The Morgan fingerprint density at radius 1 is 1.00 bits per heavy atom. The maximum Gasteiger partial charge on any atom is 0.0587 e. The first kappa shape index (κ1) is 13.9. The van der Waals surface area contributed by atoms with Crippen LogP contribution in [0.2, 0.25) is 0 Å². The Labute approximate surface area is 117 Å². The third kappa shape index (κ3) is 3.75. The number of rotatable bonds is 4. The average molecular weight is 265 g/mol. The molecule has 0 bridgehead atoms. The van der Waals surface area contributed by atoms with Crippen LogP contribution in [0.15, 0.2) is 24.3 Å². The van der Waals surface area contributed by atoms with E-state index >= 15 is 0 Å². The van der Waals surface area contributed by atoms with Crippen molar-refractivity contribution in [1.82, 2.24) is 0 Å². The molecule has 0 spiro atoms. The van der Waals surface area contributed by atoms with Crippen molar-refractivity contribution in [2.45, 2.75) is 63.7 Å². The van der Waals surface area contributed by atoms with Crippen molar-refractivity contribution in [3.8, 4) is 0 Å². The van der Waals surface area contributed by atoms with Gasteiger partial charge in [-0.3, -0.25) is 0 Å². The Hall–Kier alpha value is -0.490. The molecule has 1 saturated carbocycles. The minimum atomic E-state index is 0.203. The Kier molecular flexibility index (Phi) is 5.12. The van der Waals surface area contributed by atoms with Crippen molar-refractivity contribution in [1.29, 1.82) is 0 Å². The maximum absolute atomic E-state index is 6.57. The molecule has 18 heavy (non-hydrogen) atoms. The van der Waals surface area contributed by atoms with Gasteiger partial charge in [-0.05, 0) is 29.4 Å². The fourth-order valence-electron chi connectivity index (χ4n) is 2.94. The summed E-state index contributed by atoms with van der Waals surface area (Å²) in [7, 11) is 0. The highest BCUT2D eigenvalue weighted by Gasteiger charge is 2.18. The molecule has 0 saturated heterocycles. The molecule has 2 rings (SSSR count). The third-order valence-electron chi connectivity index (χ3n) is 4.23. The van der Waals surface area contributed by atoms with Gasteiger partial charge in [-0.1, -0.05) is 70.2 Å². The minimum Gasteiger partial charge on any atom is -0.118 e. The van der Waals surface area contributed by atoms with Gasteiger partial charge in [0.05, 0.1) is 5.38 Å². The fourth-order valence-corrected chi connectivity index (χ4v) is 3.34. The van der Waals surface area contributed by atoms with Crippen LogP contribution in [-0.2, 0) is 0 Å². The van der Waals surface area contributed by atoms with Crippen molar-refractivity contribution in [2.75, 3.05) is 0 Å². The molecule has 1 unspecified atom stereocenters. The van der Waals surface area contributed by atoms with Crippen LogP contribution >= 0.6 is 11.6 Å². The monoisotopic (exact) mass is 264 g/mol. The summed E-state index contributed by atoms with van der Waals surface area (Å²) in [5.74, 6) is 1.46. The minimum absolute atomic E-state index is 0.203. The molecule has 1 aromatic carbocycles. The molecule has 0 heterocycles. The van der Waals surface area contributed by atoms with Crippen LogP contribution in [0.5, 0.6) is 0 Å². The van der Waals surface area contributed by atoms with Crippen molar-refractivity contribution in [3.05, 3.63) is 35.4 Å². The number of alkyl halides is 1. The van der Waals surface area contributed by atoms with Gasteiger partial charge in [0.1, 0.15) is 0 Å². The van der Waals surface area contributed by atoms with E-state index in [9.17, 15) is 0 Å². The molecule has 1 aliphatic rings. The summed E-state index contributed by atoms with van der Waals surface area (Å²) in [6.45, 7) is 4.46. The molecule has 0 N–H and O–H groups in total. The predicted molar refractivity (Wildman–Crippen MR) is 80.3 cm³/mol. The van der Waals surface area contributed by atoms with E-state index in [2.05, 4.69) is 38.1 Å². The molecule has 0 aromatic heterocycles. The van der Waals surface area contributed by atoms with Gasteiger partial charge in [0, 0.05) is 0 Å². The normalized spacial score (nSPS) is 19.1. The highest BCUT2D eigenvalue weighted by Crippen LogP contribution is 2.35. The van der Waals surface area contributed by atoms with Crippen molar-refractivity contribution in [2.24, 2.45) is 5.92 Å². The standard InChI is InChI=1S/C17H25Cl/c1-13(2)15-8-10-16(11-9-15)17(18)12-14-6-4-3-5-7-14/h8-11,13-14,17H,3-7,12H2,1-2H3. The first-order valence-corrected chi connectivity index (χ1v) is 7.84. The average Bonchev–Trinajstić information content (AvgIpc) is 2.40. The smallest absolute Gasteiger partial charge is 0.0587 e. The van der Waals surface area contributed by atoms with E-state index in [1.807, 2.05) is 0 Å². The Balaban J connectivity index is 1.93. The lowest BCUT2D eigenvalue weighted by atomic mass is 9.85. The van der Waals surface area contributed by atoms with Gasteiger partial charge in [-0.25, -0.2) is 0 Å². The molecule has 1 aromatic rings.